The van der Waals surface area contributed by atoms with Crippen LogP contribution in [0.2, 0.25) is 5.02 Å². The van der Waals surface area contributed by atoms with E-state index in [-0.39, 0.29) is 36.9 Å². The highest BCUT2D eigenvalue weighted by atomic mass is 35.5. The molecule has 0 aliphatic carbocycles. The van der Waals surface area contributed by atoms with Gasteiger partial charge in [-0.3, -0.25) is 19.0 Å². The molecule has 0 atom stereocenters. The molecule has 0 unspecified atom stereocenters. The lowest BCUT2D eigenvalue weighted by Crippen LogP contribution is -2.34. The Hall–Kier alpha value is -3.19. The highest BCUT2D eigenvalue weighted by Crippen LogP contribution is 2.22. The lowest BCUT2D eigenvalue weighted by molar-refractivity contribution is -0.124. The number of amides is 2. The Labute approximate surface area is 172 Å². The molecule has 7 nitrogen and oxygen atoms in total. The fourth-order valence-corrected chi connectivity index (χ4v) is 3.18. The summed E-state index contributed by atoms with van der Waals surface area (Å²) in [6.07, 6.45) is 1.49. The van der Waals surface area contributed by atoms with Gasteiger partial charge in [0.1, 0.15) is 0 Å². The number of nitrogens with one attached hydrogen (secondary N) is 2. The first-order valence-corrected chi connectivity index (χ1v) is 9.50. The van der Waals surface area contributed by atoms with Crippen molar-refractivity contribution in [2.24, 2.45) is 0 Å². The molecule has 0 aliphatic heterocycles. The maximum absolute atomic E-state index is 12.5. The monoisotopic (exact) mass is 412 g/mol. The average Bonchev–Trinajstić information content (AvgIpc) is 2.68. The number of hydrogen-bond donors (Lipinski definition) is 2. The normalized spacial score (nSPS) is 10.7. The minimum atomic E-state index is -0.385. The van der Waals surface area contributed by atoms with Gasteiger partial charge >= 0.3 is 0 Å². The molecular formula is C21H21ClN4O3. The fourth-order valence-electron chi connectivity index (χ4n) is 2.90. The van der Waals surface area contributed by atoms with Crippen LogP contribution >= 0.6 is 11.6 Å². The summed E-state index contributed by atoms with van der Waals surface area (Å²) >= 11 is 6.08. The number of anilines is 1. The van der Waals surface area contributed by atoms with Gasteiger partial charge in [-0.25, -0.2) is 4.98 Å². The van der Waals surface area contributed by atoms with E-state index >= 15 is 0 Å². The van der Waals surface area contributed by atoms with Crippen molar-refractivity contribution in [3.63, 3.8) is 0 Å². The van der Waals surface area contributed by atoms with Gasteiger partial charge in [-0.1, -0.05) is 29.8 Å². The van der Waals surface area contributed by atoms with E-state index in [0.717, 1.165) is 11.1 Å². The Morgan fingerprint density at radius 2 is 1.93 bits per heavy atom. The number of halogens is 1. The van der Waals surface area contributed by atoms with Crippen molar-refractivity contribution in [2.45, 2.75) is 26.8 Å². The molecule has 0 spiro atoms. The number of carbonyl (C=O) groups is 2. The number of benzene rings is 2. The van der Waals surface area contributed by atoms with Crippen LogP contribution in [0, 0.1) is 13.8 Å². The van der Waals surface area contributed by atoms with Crippen LogP contribution in [0.3, 0.4) is 0 Å². The number of carbonyl (C=O) groups excluding carboxylic acids is 2. The lowest BCUT2D eigenvalue weighted by atomic mass is 10.1. The van der Waals surface area contributed by atoms with Gasteiger partial charge in [0.2, 0.25) is 11.8 Å². The zero-order valence-electron chi connectivity index (χ0n) is 16.2. The largest absolute Gasteiger partial charge is 0.347 e. The summed E-state index contributed by atoms with van der Waals surface area (Å²) < 4.78 is 1.40. The lowest BCUT2D eigenvalue weighted by Gasteiger charge is -2.10. The number of para-hydroxylation sites is 1. The molecule has 29 heavy (non-hydrogen) atoms. The van der Waals surface area contributed by atoms with Crippen LogP contribution in [0.1, 0.15) is 17.5 Å². The van der Waals surface area contributed by atoms with Gasteiger partial charge in [0.05, 0.1) is 34.5 Å². The van der Waals surface area contributed by atoms with Crippen LogP contribution in [0.4, 0.5) is 5.69 Å². The number of rotatable bonds is 6. The summed E-state index contributed by atoms with van der Waals surface area (Å²) in [6.45, 7) is 3.77. The molecule has 0 bridgehead atoms. The van der Waals surface area contributed by atoms with Crippen LogP contribution in [-0.2, 0) is 16.1 Å². The number of aromatic nitrogens is 2. The van der Waals surface area contributed by atoms with Gasteiger partial charge in [0.25, 0.3) is 5.56 Å². The van der Waals surface area contributed by atoms with Gasteiger partial charge in [0, 0.05) is 13.0 Å². The Morgan fingerprint density at radius 1 is 1.14 bits per heavy atom. The molecule has 150 valence electrons. The third-order valence-electron chi connectivity index (χ3n) is 4.48. The van der Waals surface area contributed by atoms with E-state index in [9.17, 15) is 14.4 Å². The van der Waals surface area contributed by atoms with Crippen molar-refractivity contribution in [2.75, 3.05) is 11.9 Å². The Morgan fingerprint density at radius 3 is 2.69 bits per heavy atom. The summed E-state index contributed by atoms with van der Waals surface area (Å²) in [5.74, 6) is -0.726. The van der Waals surface area contributed by atoms with Crippen molar-refractivity contribution in [1.29, 1.82) is 0 Å². The van der Waals surface area contributed by atoms with E-state index in [1.165, 1.54) is 10.9 Å². The first-order valence-electron chi connectivity index (χ1n) is 9.12. The maximum atomic E-state index is 12.5. The summed E-state index contributed by atoms with van der Waals surface area (Å²) in [5.41, 5.74) is 2.85. The zero-order valence-corrected chi connectivity index (χ0v) is 16.9. The predicted octanol–water partition coefficient (Wildman–Crippen LogP) is 2.81. The Bertz CT molecular complexity index is 1140. The maximum Gasteiger partial charge on any atom is 0.261 e. The highest BCUT2D eigenvalue weighted by molar-refractivity contribution is 6.33. The third-order valence-corrected chi connectivity index (χ3v) is 4.79. The van der Waals surface area contributed by atoms with Crippen molar-refractivity contribution >= 4 is 40.0 Å². The topological polar surface area (TPSA) is 93.1 Å². The quantitative estimate of drug-likeness (QED) is 0.651. The molecule has 0 radical (unpaired) electrons. The van der Waals surface area contributed by atoms with Crippen molar-refractivity contribution in [1.82, 2.24) is 14.9 Å². The van der Waals surface area contributed by atoms with Crippen LogP contribution in [-0.4, -0.2) is 27.9 Å². The molecule has 3 rings (SSSR count). The molecule has 8 heteroatoms. The molecule has 0 saturated heterocycles. The van der Waals surface area contributed by atoms with Gasteiger partial charge in [0.15, 0.2) is 0 Å². The van der Waals surface area contributed by atoms with Crippen LogP contribution in [0.25, 0.3) is 10.9 Å². The molecular weight excluding hydrogens is 392 g/mol. The summed E-state index contributed by atoms with van der Waals surface area (Å²) in [5, 5.41) is 6.14. The summed E-state index contributed by atoms with van der Waals surface area (Å²) in [4.78, 5) is 40.9. The van der Waals surface area contributed by atoms with E-state index in [1.54, 1.807) is 24.3 Å². The Kier molecular flexibility index (Phi) is 6.29. The molecule has 0 fully saturated rings. The summed E-state index contributed by atoms with van der Waals surface area (Å²) in [7, 11) is 0. The number of fused-ring (bicyclic) bond motifs is 1. The molecule has 1 heterocycles. The average molecular weight is 413 g/mol. The second kappa shape index (κ2) is 8.87. The summed E-state index contributed by atoms with van der Waals surface area (Å²) in [6, 6.07) is 10.7. The van der Waals surface area contributed by atoms with E-state index in [1.807, 2.05) is 26.0 Å². The molecule has 0 aliphatic rings. The second-order valence-corrected chi connectivity index (χ2v) is 7.18. The first-order chi connectivity index (χ1) is 13.8. The number of aryl methyl sites for hydroxylation is 3. The minimum Gasteiger partial charge on any atom is -0.347 e. The van der Waals surface area contributed by atoms with Gasteiger partial charge < -0.3 is 10.6 Å². The molecule has 3 aromatic rings. The zero-order chi connectivity index (χ0) is 21.0. The molecule has 0 saturated carbocycles. The fraction of sp³-hybridized carbons (Fsp3) is 0.238. The van der Waals surface area contributed by atoms with Gasteiger partial charge in [-0.15, -0.1) is 0 Å². The molecule has 1 aromatic heterocycles. The van der Waals surface area contributed by atoms with E-state index in [2.05, 4.69) is 15.6 Å². The number of nitrogens with zero attached hydrogens (tertiary/aromatic N) is 2. The van der Waals surface area contributed by atoms with Crippen LogP contribution < -0.4 is 16.2 Å². The smallest absolute Gasteiger partial charge is 0.261 e. The van der Waals surface area contributed by atoms with Crippen molar-refractivity contribution in [3.05, 3.63) is 69.2 Å². The third kappa shape index (κ3) is 5.00. The molecule has 2 N–H and O–H groups in total. The van der Waals surface area contributed by atoms with Gasteiger partial charge in [-0.2, -0.15) is 0 Å². The Balaban J connectivity index is 1.54. The predicted molar refractivity (Wildman–Crippen MR) is 113 cm³/mol. The van der Waals surface area contributed by atoms with E-state index in [0.29, 0.717) is 21.6 Å². The first kappa shape index (κ1) is 20.5. The second-order valence-electron chi connectivity index (χ2n) is 6.77. The number of hydrogen-bond acceptors (Lipinski definition) is 4. The van der Waals surface area contributed by atoms with E-state index in [4.69, 9.17) is 11.6 Å². The molecule has 2 aromatic carbocycles. The van der Waals surface area contributed by atoms with Crippen LogP contribution in [0.5, 0.6) is 0 Å². The van der Waals surface area contributed by atoms with Crippen molar-refractivity contribution < 1.29 is 9.59 Å². The minimum absolute atomic E-state index is 0.0531. The van der Waals surface area contributed by atoms with Gasteiger partial charge in [-0.05, 0) is 43.2 Å². The SMILES string of the molecule is Cc1ccc(NC(=O)CNC(=O)CCn2cnc3c(C)cccc3c2=O)c(Cl)c1. The van der Waals surface area contributed by atoms with Crippen molar-refractivity contribution in [3.8, 4) is 0 Å². The molecule has 2 amide bonds. The standard InChI is InChI=1S/C21H21ClN4O3/c1-13-6-7-17(16(22)10-13)25-19(28)11-23-18(27)8-9-26-12-24-20-14(2)4-3-5-15(20)21(26)29/h3-7,10,12H,8-9,11H2,1-2H3,(H,23,27)(H,25,28). The van der Waals surface area contributed by atoms with Crippen LogP contribution in [0.15, 0.2) is 47.5 Å². The van der Waals surface area contributed by atoms with E-state index < -0.39 is 0 Å². The highest BCUT2D eigenvalue weighted by Gasteiger charge is 2.10.